The van der Waals surface area contributed by atoms with Gasteiger partial charge in [-0.15, -0.1) is 0 Å². The smallest absolute Gasteiger partial charge is 0.353 e. The van der Waals surface area contributed by atoms with E-state index >= 15 is 0 Å². The van der Waals surface area contributed by atoms with Crippen molar-refractivity contribution in [2.24, 2.45) is 0 Å². The van der Waals surface area contributed by atoms with Crippen molar-refractivity contribution < 1.29 is 27.8 Å². The summed E-state index contributed by atoms with van der Waals surface area (Å²) in [6.07, 6.45) is -2.93. The van der Waals surface area contributed by atoms with Gasteiger partial charge in [0.25, 0.3) is 6.43 Å². The number of carboxylic acids is 1. The molecule has 0 radical (unpaired) electrons. The zero-order chi connectivity index (χ0) is 14.9. The van der Waals surface area contributed by atoms with Crippen LogP contribution in [0.5, 0.6) is 5.75 Å². The van der Waals surface area contributed by atoms with E-state index < -0.39 is 23.8 Å². The highest BCUT2D eigenvalue weighted by molar-refractivity contribution is 5.87. The molecule has 20 heavy (non-hydrogen) atoms. The lowest BCUT2D eigenvalue weighted by molar-refractivity contribution is 0.0690. The molecular weight excluding hydrogens is 277 g/mol. The number of carboxylic acid groups (broad SMARTS) is 1. The first-order valence-corrected chi connectivity index (χ1v) is 5.38. The Balaban J connectivity index is 2.62. The van der Waals surface area contributed by atoms with Gasteiger partial charge in [0.15, 0.2) is 0 Å². The van der Waals surface area contributed by atoms with Crippen molar-refractivity contribution in [3.8, 4) is 17.0 Å². The number of carbonyl (C=O) groups is 1. The van der Waals surface area contributed by atoms with E-state index in [9.17, 15) is 18.0 Å². The predicted molar refractivity (Wildman–Crippen MR) is 62.5 cm³/mol. The molecule has 0 unspecified atom stereocenters. The molecule has 0 atom stereocenters. The molecule has 0 bridgehead atoms. The maximum atomic E-state index is 13.4. The van der Waals surface area contributed by atoms with Gasteiger partial charge < -0.3 is 9.84 Å². The molecule has 1 aromatic heterocycles. The second-order valence-corrected chi connectivity index (χ2v) is 3.85. The molecule has 8 heteroatoms. The second kappa shape index (κ2) is 5.24. The van der Waals surface area contributed by atoms with Crippen LogP contribution in [0.15, 0.2) is 18.2 Å². The normalized spacial score (nSPS) is 10.8. The minimum absolute atomic E-state index is 0.000602. The number of nitrogens with zero attached hydrogens (tertiary/aromatic N) is 1. The van der Waals surface area contributed by atoms with E-state index in [0.717, 1.165) is 19.2 Å². The number of hydrogen-bond acceptors (Lipinski definition) is 3. The maximum absolute atomic E-state index is 13.4. The van der Waals surface area contributed by atoms with Crippen LogP contribution in [-0.4, -0.2) is 28.4 Å². The van der Waals surface area contributed by atoms with Crippen LogP contribution in [0, 0.1) is 5.82 Å². The third kappa shape index (κ3) is 2.44. The minimum Gasteiger partial charge on any atom is -0.496 e. The van der Waals surface area contributed by atoms with Crippen molar-refractivity contribution in [1.82, 2.24) is 10.2 Å². The van der Waals surface area contributed by atoms with Gasteiger partial charge in [-0.3, -0.25) is 5.10 Å². The molecule has 1 aromatic carbocycles. The van der Waals surface area contributed by atoms with E-state index in [2.05, 4.69) is 10.2 Å². The summed E-state index contributed by atoms with van der Waals surface area (Å²) in [5, 5.41) is 14.6. The fourth-order valence-electron chi connectivity index (χ4n) is 1.76. The fourth-order valence-corrected chi connectivity index (χ4v) is 1.76. The summed E-state index contributed by atoms with van der Waals surface area (Å²) in [4.78, 5) is 10.7. The van der Waals surface area contributed by atoms with Crippen LogP contribution in [0.4, 0.5) is 13.2 Å². The molecular formula is C12H9F3N2O3. The Morgan fingerprint density at radius 3 is 2.60 bits per heavy atom. The van der Waals surface area contributed by atoms with Crippen molar-refractivity contribution in [3.63, 3.8) is 0 Å². The first-order chi connectivity index (χ1) is 9.43. The lowest BCUT2D eigenvalue weighted by atomic mass is 10.1. The van der Waals surface area contributed by atoms with Crippen LogP contribution >= 0.6 is 0 Å². The van der Waals surface area contributed by atoms with E-state index in [0.29, 0.717) is 6.07 Å². The van der Waals surface area contributed by atoms with Gasteiger partial charge in [-0.2, -0.15) is 5.10 Å². The van der Waals surface area contributed by atoms with Gasteiger partial charge in [-0.05, 0) is 18.2 Å². The number of aromatic amines is 1. The van der Waals surface area contributed by atoms with Crippen molar-refractivity contribution in [1.29, 1.82) is 0 Å². The number of aromatic carboxylic acids is 1. The topological polar surface area (TPSA) is 75.2 Å². The number of nitrogens with one attached hydrogen (secondary N) is 1. The number of methoxy groups -OCH3 is 1. The standard InChI is InChI=1S/C12H9F3N2O3/c1-20-10-6(2-5(13)3-7(10)11(14)15)8-4-9(12(18)19)17-16-8/h2-4,11H,1H3,(H,16,17)(H,18,19). The molecule has 0 saturated carbocycles. The van der Waals surface area contributed by atoms with Gasteiger partial charge in [-0.1, -0.05) is 0 Å². The largest absolute Gasteiger partial charge is 0.496 e. The number of ether oxygens (including phenoxy) is 1. The average Bonchev–Trinajstić information content (AvgIpc) is 2.87. The van der Waals surface area contributed by atoms with E-state index in [1.54, 1.807) is 0 Å². The van der Waals surface area contributed by atoms with E-state index in [-0.39, 0.29) is 22.7 Å². The number of aromatic nitrogens is 2. The number of hydrogen-bond donors (Lipinski definition) is 2. The zero-order valence-corrected chi connectivity index (χ0v) is 10.2. The molecule has 2 N–H and O–H groups in total. The van der Waals surface area contributed by atoms with Crippen molar-refractivity contribution >= 4 is 5.97 Å². The van der Waals surface area contributed by atoms with Gasteiger partial charge in [0.05, 0.1) is 18.4 Å². The molecule has 0 fully saturated rings. The van der Waals surface area contributed by atoms with Crippen molar-refractivity contribution in [3.05, 3.63) is 35.3 Å². The van der Waals surface area contributed by atoms with Crippen molar-refractivity contribution in [2.75, 3.05) is 7.11 Å². The molecule has 2 aromatic rings. The Morgan fingerprint density at radius 2 is 2.10 bits per heavy atom. The number of alkyl halides is 2. The molecule has 106 valence electrons. The van der Waals surface area contributed by atoms with Gasteiger partial charge >= 0.3 is 5.97 Å². The lowest BCUT2D eigenvalue weighted by Gasteiger charge is -2.12. The minimum atomic E-state index is -2.93. The van der Waals surface area contributed by atoms with Crippen LogP contribution in [-0.2, 0) is 0 Å². The van der Waals surface area contributed by atoms with Crippen LogP contribution in [0.3, 0.4) is 0 Å². The number of rotatable bonds is 4. The van der Waals surface area contributed by atoms with Gasteiger partial charge in [0, 0.05) is 5.56 Å². The summed E-state index contributed by atoms with van der Waals surface area (Å²) in [6.45, 7) is 0. The number of H-pyrrole nitrogens is 1. The van der Waals surface area contributed by atoms with Crippen LogP contribution in [0.2, 0.25) is 0 Å². The van der Waals surface area contributed by atoms with E-state index in [1.807, 2.05) is 0 Å². The van der Waals surface area contributed by atoms with Gasteiger partial charge in [0.1, 0.15) is 17.3 Å². The zero-order valence-electron chi connectivity index (χ0n) is 10.2. The molecule has 0 aliphatic carbocycles. The van der Waals surface area contributed by atoms with E-state index in [4.69, 9.17) is 9.84 Å². The quantitative estimate of drug-likeness (QED) is 0.906. The lowest BCUT2D eigenvalue weighted by Crippen LogP contribution is -1.97. The number of benzene rings is 1. The summed E-state index contributed by atoms with van der Waals surface area (Å²) >= 11 is 0. The predicted octanol–water partition coefficient (Wildman–Crippen LogP) is 2.86. The Hall–Kier alpha value is -2.51. The molecule has 5 nitrogen and oxygen atoms in total. The SMILES string of the molecule is COc1c(-c2cc(C(=O)O)[nH]n2)cc(F)cc1C(F)F. The average molecular weight is 286 g/mol. The molecule has 1 heterocycles. The van der Waals surface area contributed by atoms with Crippen LogP contribution < -0.4 is 4.74 Å². The number of halogens is 3. The monoisotopic (exact) mass is 286 g/mol. The molecule has 0 aliphatic rings. The van der Waals surface area contributed by atoms with E-state index in [1.165, 1.54) is 0 Å². The Labute approximate surface area is 111 Å². The maximum Gasteiger partial charge on any atom is 0.353 e. The molecule has 0 spiro atoms. The third-order valence-corrected chi connectivity index (χ3v) is 2.61. The summed E-state index contributed by atoms with van der Waals surface area (Å²) in [7, 11) is 1.16. The molecule has 0 amide bonds. The molecule has 2 rings (SSSR count). The third-order valence-electron chi connectivity index (χ3n) is 2.61. The summed E-state index contributed by atoms with van der Waals surface area (Å²) in [5.41, 5.74) is -0.917. The fraction of sp³-hybridized carbons (Fsp3) is 0.167. The molecule has 0 saturated heterocycles. The highest BCUT2D eigenvalue weighted by atomic mass is 19.3. The van der Waals surface area contributed by atoms with Gasteiger partial charge in [-0.25, -0.2) is 18.0 Å². The summed E-state index contributed by atoms with van der Waals surface area (Å²) in [6, 6.07) is 2.72. The first kappa shape index (κ1) is 13.9. The first-order valence-electron chi connectivity index (χ1n) is 5.38. The van der Waals surface area contributed by atoms with Gasteiger partial charge in [0.2, 0.25) is 0 Å². The summed E-state index contributed by atoms with van der Waals surface area (Å²) in [5.74, 6) is -2.41. The Kier molecular flexibility index (Phi) is 3.64. The van der Waals surface area contributed by atoms with Crippen LogP contribution in [0.25, 0.3) is 11.3 Å². The van der Waals surface area contributed by atoms with Crippen molar-refractivity contribution in [2.45, 2.75) is 6.43 Å². The second-order valence-electron chi connectivity index (χ2n) is 3.85. The molecule has 0 aliphatic heterocycles. The summed E-state index contributed by atoms with van der Waals surface area (Å²) < 4.78 is 44.0. The Bertz CT molecular complexity index is 655. The highest BCUT2D eigenvalue weighted by Gasteiger charge is 2.22. The van der Waals surface area contributed by atoms with Crippen LogP contribution in [0.1, 0.15) is 22.5 Å². The Morgan fingerprint density at radius 1 is 1.40 bits per heavy atom. The highest BCUT2D eigenvalue weighted by Crippen LogP contribution is 2.38.